The lowest BCUT2D eigenvalue weighted by Crippen LogP contribution is -2.20. The van der Waals surface area contributed by atoms with Gasteiger partial charge in [-0.3, -0.25) is 19.3 Å². The van der Waals surface area contributed by atoms with Crippen molar-refractivity contribution in [3.8, 4) is 0 Å². The second-order valence-corrected chi connectivity index (χ2v) is 5.73. The van der Waals surface area contributed by atoms with Gasteiger partial charge in [0, 0.05) is 25.1 Å². The quantitative estimate of drug-likeness (QED) is 0.537. The highest BCUT2D eigenvalue weighted by Gasteiger charge is 2.11. The van der Waals surface area contributed by atoms with Crippen molar-refractivity contribution in [1.82, 2.24) is 20.2 Å². The van der Waals surface area contributed by atoms with Crippen molar-refractivity contribution in [2.45, 2.75) is 6.92 Å². The Morgan fingerprint density at radius 2 is 1.89 bits per heavy atom. The van der Waals surface area contributed by atoms with Crippen LogP contribution in [-0.4, -0.2) is 32.3 Å². The lowest BCUT2D eigenvalue weighted by atomic mass is 10.1. The normalized spacial score (nSPS) is 11.1. The largest absolute Gasteiger partial charge is 0.321 e. The predicted molar refractivity (Wildman–Crippen MR) is 102 cm³/mol. The Morgan fingerprint density at radius 1 is 1.04 bits per heavy atom. The summed E-state index contributed by atoms with van der Waals surface area (Å²) in [7, 11) is 1.70. The molecule has 0 aliphatic rings. The lowest BCUT2D eigenvalue weighted by Gasteiger charge is -2.08. The zero-order valence-corrected chi connectivity index (χ0v) is 14.9. The number of hydrogen-bond donors (Lipinski definition) is 2. The van der Waals surface area contributed by atoms with Gasteiger partial charge in [0.15, 0.2) is 0 Å². The van der Waals surface area contributed by atoms with E-state index in [2.05, 4.69) is 25.9 Å². The number of rotatable bonds is 5. The fourth-order valence-corrected chi connectivity index (χ4v) is 2.37. The highest BCUT2D eigenvalue weighted by molar-refractivity contribution is 6.05. The Kier molecular flexibility index (Phi) is 5.36. The van der Waals surface area contributed by atoms with Gasteiger partial charge in [0.1, 0.15) is 11.4 Å². The molecule has 3 aromatic rings. The average molecular weight is 362 g/mol. The van der Waals surface area contributed by atoms with Crippen molar-refractivity contribution < 1.29 is 9.59 Å². The van der Waals surface area contributed by atoms with Crippen LogP contribution in [0.4, 0.5) is 5.69 Å². The Hall–Kier alpha value is -3.81. The number of anilines is 1. The maximum Gasteiger partial charge on any atom is 0.289 e. The van der Waals surface area contributed by atoms with E-state index in [9.17, 15) is 9.59 Å². The molecule has 2 N–H and O–H groups in total. The summed E-state index contributed by atoms with van der Waals surface area (Å²) >= 11 is 0. The van der Waals surface area contributed by atoms with Crippen molar-refractivity contribution in [2.75, 3.05) is 5.32 Å². The lowest BCUT2D eigenvalue weighted by molar-refractivity contribution is 0.0949. The van der Waals surface area contributed by atoms with Gasteiger partial charge in [0.2, 0.25) is 0 Å². The Balaban J connectivity index is 1.70. The number of hydrogen-bond acceptors (Lipinski definition) is 5. The summed E-state index contributed by atoms with van der Waals surface area (Å²) in [4.78, 5) is 28.3. The Morgan fingerprint density at radius 3 is 2.59 bits per heavy atom. The standard InChI is InChI=1S/C19H18N6O2/c1-13(23-24-18(26)16-8-3-4-10-20-16)14-6-5-7-15(12-14)22-19(27)17-9-11-21-25(17)2/h3-12H,1-2H3,(H,22,27)(H,24,26). The summed E-state index contributed by atoms with van der Waals surface area (Å²) in [5.41, 5.74) is 5.18. The molecule has 3 rings (SSSR count). The van der Waals surface area contributed by atoms with E-state index in [-0.39, 0.29) is 11.6 Å². The van der Waals surface area contributed by atoms with Gasteiger partial charge < -0.3 is 5.32 Å². The number of carbonyl (C=O) groups is 2. The number of carbonyl (C=O) groups excluding carboxylic acids is 2. The molecule has 0 saturated carbocycles. The minimum absolute atomic E-state index is 0.259. The number of aromatic nitrogens is 3. The van der Waals surface area contributed by atoms with Crippen LogP contribution in [0.3, 0.4) is 0 Å². The second-order valence-electron chi connectivity index (χ2n) is 5.73. The number of nitrogens with zero attached hydrogens (tertiary/aromatic N) is 4. The molecule has 0 fully saturated rings. The maximum absolute atomic E-state index is 12.3. The molecule has 2 heterocycles. The van der Waals surface area contributed by atoms with Gasteiger partial charge in [-0.05, 0) is 42.8 Å². The van der Waals surface area contributed by atoms with Crippen molar-refractivity contribution in [3.05, 3.63) is 77.9 Å². The monoisotopic (exact) mass is 362 g/mol. The van der Waals surface area contributed by atoms with Crippen LogP contribution < -0.4 is 10.7 Å². The summed E-state index contributed by atoms with van der Waals surface area (Å²) in [6.45, 7) is 1.76. The number of hydrazone groups is 1. The van der Waals surface area contributed by atoms with Crippen LogP contribution in [-0.2, 0) is 7.05 Å². The minimum atomic E-state index is -0.393. The number of benzene rings is 1. The van der Waals surface area contributed by atoms with E-state index in [1.165, 1.54) is 4.68 Å². The van der Waals surface area contributed by atoms with Gasteiger partial charge in [-0.25, -0.2) is 5.43 Å². The molecule has 0 aliphatic heterocycles. The molecular weight excluding hydrogens is 344 g/mol. The first-order chi connectivity index (χ1) is 13.0. The van der Waals surface area contributed by atoms with Gasteiger partial charge in [0.05, 0.1) is 5.71 Å². The third-order valence-electron chi connectivity index (χ3n) is 3.81. The molecule has 8 nitrogen and oxygen atoms in total. The molecule has 136 valence electrons. The first-order valence-corrected chi connectivity index (χ1v) is 8.20. The molecule has 0 aliphatic carbocycles. The second kappa shape index (κ2) is 8.05. The van der Waals surface area contributed by atoms with Crippen LogP contribution >= 0.6 is 0 Å². The Labute approximate surface area is 155 Å². The van der Waals surface area contributed by atoms with Crippen LogP contribution in [0.1, 0.15) is 33.5 Å². The molecule has 0 radical (unpaired) electrons. The van der Waals surface area contributed by atoms with E-state index in [1.807, 2.05) is 6.07 Å². The zero-order chi connectivity index (χ0) is 19.2. The van der Waals surface area contributed by atoms with Crippen LogP contribution in [0.2, 0.25) is 0 Å². The zero-order valence-electron chi connectivity index (χ0n) is 14.9. The van der Waals surface area contributed by atoms with Gasteiger partial charge in [-0.2, -0.15) is 10.2 Å². The molecule has 0 unspecified atom stereocenters. The fourth-order valence-electron chi connectivity index (χ4n) is 2.37. The summed E-state index contributed by atoms with van der Waals surface area (Å²) in [5, 5.41) is 10.9. The SMILES string of the molecule is CC(=NNC(=O)c1ccccn1)c1cccc(NC(=O)c2ccnn2C)c1. The Bertz CT molecular complexity index is 994. The van der Waals surface area contributed by atoms with E-state index in [0.29, 0.717) is 17.1 Å². The predicted octanol–water partition coefficient (Wildman–Crippen LogP) is 2.22. The van der Waals surface area contributed by atoms with E-state index in [4.69, 9.17) is 0 Å². The molecular formula is C19H18N6O2. The summed E-state index contributed by atoms with van der Waals surface area (Å²) in [5.74, 6) is -0.652. The van der Waals surface area contributed by atoms with Crippen molar-refractivity contribution in [3.63, 3.8) is 0 Å². The number of amides is 2. The highest BCUT2D eigenvalue weighted by Crippen LogP contribution is 2.13. The van der Waals surface area contributed by atoms with Crippen LogP contribution in [0, 0.1) is 0 Å². The van der Waals surface area contributed by atoms with Gasteiger partial charge in [0.25, 0.3) is 11.8 Å². The summed E-state index contributed by atoms with van der Waals surface area (Å²) in [6, 6.07) is 13.9. The van der Waals surface area contributed by atoms with E-state index in [1.54, 1.807) is 68.8 Å². The smallest absolute Gasteiger partial charge is 0.289 e. The van der Waals surface area contributed by atoms with E-state index < -0.39 is 5.91 Å². The highest BCUT2D eigenvalue weighted by atomic mass is 16.2. The molecule has 0 saturated heterocycles. The molecule has 0 atom stereocenters. The van der Waals surface area contributed by atoms with Crippen molar-refractivity contribution in [1.29, 1.82) is 0 Å². The number of pyridine rings is 1. The molecule has 1 aromatic carbocycles. The van der Waals surface area contributed by atoms with Gasteiger partial charge in [-0.15, -0.1) is 0 Å². The first kappa shape index (κ1) is 18.0. The third-order valence-corrected chi connectivity index (χ3v) is 3.81. The summed E-state index contributed by atoms with van der Waals surface area (Å²) < 4.78 is 1.50. The fraction of sp³-hybridized carbons (Fsp3) is 0.105. The first-order valence-electron chi connectivity index (χ1n) is 8.20. The third kappa shape index (κ3) is 4.43. The number of nitrogens with one attached hydrogen (secondary N) is 2. The van der Waals surface area contributed by atoms with Crippen molar-refractivity contribution >= 4 is 23.2 Å². The van der Waals surface area contributed by atoms with E-state index in [0.717, 1.165) is 5.56 Å². The number of aryl methyl sites for hydroxylation is 1. The molecule has 0 bridgehead atoms. The maximum atomic E-state index is 12.3. The van der Waals surface area contributed by atoms with Gasteiger partial charge >= 0.3 is 0 Å². The summed E-state index contributed by atoms with van der Waals surface area (Å²) in [6.07, 6.45) is 3.10. The topological polar surface area (TPSA) is 101 Å². The minimum Gasteiger partial charge on any atom is -0.321 e. The van der Waals surface area contributed by atoms with Gasteiger partial charge in [-0.1, -0.05) is 18.2 Å². The molecule has 2 amide bonds. The van der Waals surface area contributed by atoms with Crippen LogP contribution in [0.25, 0.3) is 0 Å². The van der Waals surface area contributed by atoms with Crippen LogP contribution in [0.5, 0.6) is 0 Å². The molecule has 2 aromatic heterocycles. The average Bonchev–Trinajstić information content (AvgIpc) is 3.12. The van der Waals surface area contributed by atoms with E-state index >= 15 is 0 Å². The van der Waals surface area contributed by atoms with Crippen molar-refractivity contribution in [2.24, 2.45) is 12.1 Å². The molecule has 0 spiro atoms. The molecule has 8 heteroatoms. The van der Waals surface area contributed by atoms with Crippen LogP contribution in [0.15, 0.2) is 66.0 Å². The molecule has 27 heavy (non-hydrogen) atoms.